The second kappa shape index (κ2) is 15.7. The molecule has 1 aliphatic heterocycles. The number of aryl methyl sites for hydroxylation is 2. The summed E-state index contributed by atoms with van der Waals surface area (Å²) in [6, 6.07) is 30.8. The van der Waals surface area contributed by atoms with E-state index in [9.17, 15) is 14.4 Å². The molecule has 4 aromatic carbocycles. The second-order valence-corrected chi connectivity index (χ2v) is 15.5. The van der Waals surface area contributed by atoms with Crippen LogP contribution >= 0.6 is 11.3 Å². The first-order chi connectivity index (χ1) is 26.4. The number of esters is 2. The maximum Gasteiger partial charge on any atom is 0.358 e. The van der Waals surface area contributed by atoms with Crippen molar-refractivity contribution in [1.29, 1.82) is 0 Å². The van der Waals surface area contributed by atoms with Crippen LogP contribution < -0.4 is 15.0 Å². The molecule has 2 aromatic heterocycles. The zero-order valence-electron chi connectivity index (χ0n) is 31.5. The Kier molecular flexibility index (Phi) is 10.7. The average molecular weight is 755 g/mol. The summed E-state index contributed by atoms with van der Waals surface area (Å²) < 4.78 is 17.8. The quantitative estimate of drug-likeness (QED) is 0.137. The van der Waals surface area contributed by atoms with Crippen LogP contribution in [0.4, 0.5) is 10.9 Å². The zero-order valence-corrected chi connectivity index (χ0v) is 32.3. The fourth-order valence-electron chi connectivity index (χ4n) is 6.61. The van der Waals surface area contributed by atoms with E-state index in [2.05, 4.69) is 21.3 Å². The Morgan fingerprint density at radius 3 is 2.38 bits per heavy atom. The lowest BCUT2D eigenvalue weighted by molar-refractivity contribution is -0.140. The van der Waals surface area contributed by atoms with E-state index in [4.69, 9.17) is 19.2 Å². The summed E-state index contributed by atoms with van der Waals surface area (Å²) in [5.41, 5.74) is 6.28. The molecular formula is C44H42N4O6S. The lowest BCUT2D eigenvalue weighted by atomic mass is 9.94. The first kappa shape index (κ1) is 37.3. The minimum atomic E-state index is -0.733. The van der Waals surface area contributed by atoms with Gasteiger partial charge in [0.25, 0.3) is 5.91 Å². The van der Waals surface area contributed by atoms with E-state index in [1.165, 1.54) is 18.4 Å². The highest BCUT2D eigenvalue weighted by Crippen LogP contribution is 2.35. The smallest absolute Gasteiger partial charge is 0.358 e. The molecule has 0 fully saturated rings. The molecule has 3 heterocycles. The van der Waals surface area contributed by atoms with E-state index in [-0.39, 0.29) is 17.6 Å². The van der Waals surface area contributed by atoms with Crippen molar-refractivity contribution in [2.45, 2.75) is 59.1 Å². The molecule has 1 aliphatic rings. The van der Waals surface area contributed by atoms with Crippen LogP contribution in [0.2, 0.25) is 0 Å². The van der Waals surface area contributed by atoms with E-state index < -0.39 is 11.6 Å². The molecule has 1 amide bonds. The zero-order chi connectivity index (χ0) is 38.7. The summed E-state index contributed by atoms with van der Waals surface area (Å²) in [5, 5.41) is 3.56. The third-order valence-corrected chi connectivity index (χ3v) is 10.3. The number of carbonyl (C=O) groups excluding carboxylic acids is 3. The molecule has 6 aromatic rings. The Morgan fingerprint density at radius 2 is 1.64 bits per heavy atom. The van der Waals surface area contributed by atoms with Gasteiger partial charge in [-0.3, -0.25) is 14.9 Å². The van der Waals surface area contributed by atoms with Crippen LogP contribution in [0, 0.1) is 6.92 Å². The van der Waals surface area contributed by atoms with Gasteiger partial charge in [-0.25, -0.2) is 14.8 Å². The Hall–Kier alpha value is -6.07. The number of aromatic nitrogens is 2. The van der Waals surface area contributed by atoms with Gasteiger partial charge >= 0.3 is 11.9 Å². The van der Waals surface area contributed by atoms with Gasteiger partial charge in [-0.15, -0.1) is 0 Å². The summed E-state index contributed by atoms with van der Waals surface area (Å²) in [7, 11) is 1.39. The highest BCUT2D eigenvalue weighted by molar-refractivity contribution is 7.22. The second-order valence-electron chi connectivity index (χ2n) is 14.4. The van der Waals surface area contributed by atoms with Crippen molar-refractivity contribution < 1.29 is 28.6 Å². The molecule has 0 aliphatic carbocycles. The number of carbonyl (C=O) groups is 3. The van der Waals surface area contributed by atoms with Crippen molar-refractivity contribution in [3.8, 4) is 22.6 Å². The lowest BCUT2D eigenvalue weighted by Gasteiger charge is -2.31. The number of nitrogens with one attached hydrogen (secondary N) is 1. The normalized spacial score (nSPS) is 12.6. The topological polar surface area (TPSA) is 120 Å². The van der Waals surface area contributed by atoms with Gasteiger partial charge in [0.2, 0.25) is 0 Å². The number of rotatable bonds is 10. The largest absolute Gasteiger partial charge is 0.469 e. The minimum absolute atomic E-state index is 0.208. The SMILES string of the molecule is COC(=O)CCc1ccc(Oc2ccc(-c3ccc(N4CCc5cccc(C(=O)Nc6nc7ccccc7s6)c5C4)nc3C(=O)OC(C)(C)C)c(C)c2)cc1. The standard InChI is InChI=1S/C44H42N4O6S/c1-27-25-31(53-30-16-13-28(14-17-30)15-22-39(49)52-5)18-19-32(27)33-20-21-38(46-40(33)42(51)54-44(2,3)4)48-24-23-29-9-8-10-34(35(29)26-48)41(50)47-43-45-36-11-6-7-12-37(36)55-43/h6-14,16-21,25H,15,22-24,26H2,1-5H3,(H,45,47,50). The number of nitrogens with zero attached hydrogens (tertiary/aromatic N) is 3. The van der Waals surface area contributed by atoms with Crippen molar-refractivity contribution in [3.05, 3.63) is 131 Å². The fourth-order valence-corrected chi connectivity index (χ4v) is 7.48. The number of hydrogen-bond acceptors (Lipinski definition) is 10. The van der Waals surface area contributed by atoms with E-state index >= 15 is 0 Å². The average Bonchev–Trinajstić information content (AvgIpc) is 3.58. The van der Waals surface area contributed by atoms with Gasteiger partial charge in [-0.1, -0.05) is 53.8 Å². The summed E-state index contributed by atoms with van der Waals surface area (Å²) in [6.45, 7) is 8.57. The van der Waals surface area contributed by atoms with Crippen LogP contribution in [0.15, 0.2) is 97.1 Å². The van der Waals surface area contributed by atoms with Gasteiger partial charge in [-0.2, -0.15) is 0 Å². The number of para-hydroxylation sites is 1. The predicted octanol–water partition coefficient (Wildman–Crippen LogP) is 9.33. The highest BCUT2D eigenvalue weighted by atomic mass is 32.1. The minimum Gasteiger partial charge on any atom is -0.469 e. The monoisotopic (exact) mass is 754 g/mol. The molecule has 0 saturated heterocycles. The molecule has 0 unspecified atom stereocenters. The number of thiazole rings is 1. The lowest BCUT2D eigenvalue weighted by Crippen LogP contribution is -2.33. The maximum atomic E-state index is 13.8. The van der Waals surface area contributed by atoms with Crippen molar-refractivity contribution in [3.63, 3.8) is 0 Å². The number of anilines is 2. The first-order valence-electron chi connectivity index (χ1n) is 18.2. The van der Waals surface area contributed by atoms with Crippen LogP contribution in [0.3, 0.4) is 0 Å². The molecule has 0 radical (unpaired) electrons. The number of fused-ring (bicyclic) bond motifs is 2. The van der Waals surface area contributed by atoms with Gasteiger partial charge in [0.05, 0.1) is 17.3 Å². The number of methoxy groups -OCH3 is 1. The Bertz CT molecular complexity index is 2370. The molecule has 11 heteroatoms. The molecule has 0 atom stereocenters. The van der Waals surface area contributed by atoms with E-state index in [1.807, 2.05) is 119 Å². The van der Waals surface area contributed by atoms with Gasteiger partial charge in [0.1, 0.15) is 22.9 Å². The van der Waals surface area contributed by atoms with Crippen molar-refractivity contribution in [2.24, 2.45) is 0 Å². The summed E-state index contributed by atoms with van der Waals surface area (Å²) in [4.78, 5) is 50.6. The van der Waals surface area contributed by atoms with Crippen LogP contribution in [0.5, 0.6) is 11.5 Å². The van der Waals surface area contributed by atoms with Crippen LogP contribution in [-0.2, 0) is 33.7 Å². The molecular weight excluding hydrogens is 713 g/mol. The van der Waals surface area contributed by atoms with Crippen molar-refractivity contribution in [2.75, 3.05) is 23.9 Å². The number of amides is 1. The Balaban J connectivity index is 1.13. The summed E-state index contributed by atoms with van der Waals surface area (Å²) in [6.07, 6.45) is 1.61. The molecule has 0 saturated carbocycles. The Labute approximate surface area is 324 Å². The fraction of sp³-hybridized carbons (Fsp3) is 0.250. The summed E-state index contributed by atoms with van der Waals surface area (Å²) >= 11 is 1.44. The molecule has 55 heavy (non-hydrogen) atoms. The van der Waals surface area contributed by atoms with Crippen LogP contribution in [0.25, 0.3) is 21.3 Å². The number of pyridine rings is 1. The van der Waals surface area contributed by atoms with Gasteiger partial charge in [0.15, 0.2) is 10.8 Å². The first-order valence-corrected chi connectivity index (χ1v) is 19.0. The predicted molar refractivity (Wildman–Crippen MR) is 215 cm³/mol. The third-order valence-electron chi connectivity index (χ3n) is 9.32. The van der Waals surface area contributed by atoms with Crippen molar-refractivity contribution in [1.82, 2.24) is 9.97 Å². The van der Waals surface area contributed by atoms with Gasteiger partial charge < -0.3 is 19.1 Å². The van der Waals surface area contributed by atoms with Gasteiger partial charge in [-0.05, 0) is 123 Å². The molecule has 0 bridgehead atoms. The number of benzene rings is 4. The molecule has 10 nitrogen and oxygen atoms in total. The van der Waals surface area contributed by atoms with Gasteiger partial charge in [0, 0.05) is 30.6 Å². The van der Waals surface area contributed by atoms with E-state index in [1.54, 1.807) is 0 Å². The summed E-state index contributed by atoms with van der Waals surface area (Å²) in [5.74, 6) is 0.932. The Morgan fingerprint density at radius 1 is 0.873 bits per heavy atom. The molecule has 0 spiro atoms. The number of ether oxygens (including phenoxy) is 3. The van der Waals surface area contributed by atoms with Crippen LogP contribution in [0.1, 0.15) is 70.3 Å². The van der Waals surface area contributed by atoms with E-state index in [0.717, 1.165) is 38.0 Å². The molecule has 1 N–H and O–H groups in total. The highest BCUT2D eigenvalue weighted by Gasteiger charge is 2.27. The molecule has 280 valence electrons. The molecule has 7 rings (SSSR count). The van der Waals surface area contributed by atoms with Crippen LogP contribution in [-0.4, -0.2) is 47.1 Å². The van der Waals surface area contributed by atoms with Crippen molar-refractivity contribution >= 4 is 50.3 Å². The maximum absolute atomic E-state index is 13.8. The third kappa shape index (κ3) is 8.68. The number of hydrogen-bond donors (Lipinski definition) is 1. The van der Waals surface area contributed by atoms with E-state index in [0.29, 0.717) is 65.9 Å².